The Balaban J connectivity index is 1.33. The van der Waals surface area contributed by atoms with Crippen LogP contribution in [0.25, 0.3) is 0 Å². The van der Waals surface area contributed by atoms with E-state index in [0.717, 1.165) is 43.0 Å². The van der Waals surface area contributed by atoms with Gasteiger partial charge in [-0.3, -0.25) is 24.0 Å². The second kappa shape index (κ2) is 14.5. The van der Waals surface area contributed by atoms with Crippen molar-refractivity contribution in [1.82, 2.24) is 25.8 Å². The predicted molar refractivity (Wildman–Crippen MR) is 177 cm³/mol. The smallest absolute Gasteiger partial charge is 0.289 e. The molecule has 0 spiro atoms. The zero-order valence-corrected chi connectivity index (χ0v) is 28.1. The zero-order valence-electron chi connectivity index (χ0n) is 28.1. The molecule has 0 radical (unpaired) electrons. The van der Waals surface area contributed by atoms with Crippen LogP contribution in [0.4, 0.5) is 5.69 Å². The first-order chi connectivity index (χ1) is 21.7. The molecule has 2 aromatic carbocycles. The molecule has 1 saturated heterocycles. The van der Waals surface area contributed by atoms with E-state index in [1.54, 1.807) is 26.0 Å². The molecule has 3 atom stereocenters. The lowest BCUT2D eigenvalue weighted by molar-refractivity contribution is -0.141. The third-order valence-corrected chi connectivity index (χ3v) is 8.71. The summed E-state index contributed by atoms with van der Waals surface area (Å²) in [7, 11) is 2.11. The van der Waals surface area contributed by atoms with E-state index < -0.39 is 47.0 Å². The van der Waals surface area contributed by atoms with E-state index in [0.29, 0.717) is 12.1 Å². The maximum atomic E-state index is 13.6. The summed E-state index contributed by atoms with van der Waals surface area (Å²) in [4.78, 5) is 72.2. The number of nitrogens with one attached hydrogen (secondary N) is 3. The Kier molecular flexibility index (Phi) is 10.9. The van der Waals surface area contributed by atoms with Crippen LogP contribution in [0.5, 0.6) is 0 Å². The van der Waals surface area contributed by atoms with Crippen LogP contribution in [-0.2, 0) is 32.3 Å². The van der Waals surface area contributed by atoms with Crippen LogP contribution in [0.3, 0.4) is 0 Å². The van der Waals surface area contributed by atoms with Crippen molar-refractivity contribution >= 4 is 35.1 Å². The van der Waals surface area contributed by atoms with E-state index in [1.165, 1.54) is 11.8 Å². The monoisotopic (exact) mass is 632 g/mol. The Hall–Kier alpha value is -4.25. The predicted octanol–water partition coefficient (Wildman–Crippen LogP) is 2.34. The van der Waals surface area contributed by atoms with Crippen LogP contribution in [0.1, 0.15) is 63.0 Å². The number of hydrogen-bond donors (Lipinski definition) is 3. The van der Waals surface area contributed by atoms with Gasteiger partial charge >= 0.3 is 0 Å². The van der Waals surface area contributed by atoms with Crippen LogP contribution >= 0.6 is 0 Å². The van der Waals surface area contributed by atoms with E-state index in [1.807, 2.05) is 57.2 Å². The van der Waals surface area contributed by atoms with Crippen molar-refractivity contribution in [1.29, 1.82) is 0 Å². The van der Waals surface area contributed by atoms with Crippen LogP contribution in [0.15, 0.2) is 48.5 Å². The van der Waals surface area contributed by atoms with Crippen molar-refractivity contribution in [3.8, 4) is 0 Å². The van der Waals surface area contributed by atoms with Crippen LogP contribution < -0.4 is 20.9 Å². The quantitative estimate of drug-likeness (QED) is 0.324. The maximum Gasteiger partial charge on any atom is 0.289 e. The molecule has 4 amide bonds. The SMILES string of the molecule is CC(C)[C@H](NC(=O)[C@H](C)NC(=O)[C@@H](N1Cc2ccccc2C1=O)C(C)(C)C)C(=O)C(=O)NCc1ccc(N2CCN(C)CC2)cc1. The van der Waals surface area contributed by atoms with E-state index in [4.69, 9.17) is 0 Å². The molecule has 2 aromatic rings. The first-order valence-electron chi connectivity index (χ1n) is 16.0. The zero-order chi connectivity index (χ0) is 33.8. The highest BCUT2D eigenvalue weighted by atomic mass is 16.2. The third-order valence-electron chi connectivity index (χ3n) is 8.71. The number of rotatable bonds is 11. The number of nitrogens with zero attached hydrogens (tertiary/aromatic N) is 3. The molecule has 2 aliphatic heterocycles. The van der Waals surface area contributed by atoms with Crippen molar-refractivity contribution in [3.63, 3.8) is 0 Å². The van der Waals surface area contributed by atoms with Crippen molar-refractivity contribution in [2.45, 2.75) is 72.8 Å². The average Bonchev–Trinajstić information content (AvgIpc) is 3.33. The topological polar surface area (TPSA) is 131 Å². The first-order valence-corrected chi connectivity index (χ1v) is 16.0. The van der Waals surface area contributed by atoms with Crippen molar-refractivity contribution < 1.29 is 24.0 Å². The summed E-state index contributed by atoms with van der Waals surface area (Å²) in [5, 5.41) is 8.08. The summed E-state index contributed by atoms with van der Waals surface area (Å²) in [6, 6.07) is 12.2. The van der Waals surface area contributed by atoms with Gasteiger partial charge < -0.3 is 30.7 Å². The number of carbonyl (C=O) groups is 5. The number of anilines is 1. The fraction of sp³-hybridized carbons (Fsp3) is 0.514. The highest BCUT2D eigenvalue weighted by Gasteiger charge is 2.43. The van der Waals surface area contributed by atoms with Gasteiger partial charge in [0, 0.05) is 50.5 Å². The molecule has 248 valence electrons. The van der Waals surface area contributed by atoms with Gasteiger partial charge in [-0.25, -0.2) is 0 Å². The van der Waals surface area contributed by atoms with Gasteiger partial charge in [-0.05, 0) is 54.6 Å². The van der Waals surface area contributed by atoms with Gasteiger partial charge in [-0.1, -0.05) is 65.0 Å². The molecule has 0 bridgehead atoms. The Morgan fingerprint density at radius 2 is 1.48 bits per heavy atom. The minimum absolute atomic E-state index is 0.173. The summed E-state index contributed by atoms with van der Waals surface area (Å²) in [5.41, 5.74) is 2.76. The summed E-state index contributed by atoms with van der Waals surface area (Å²) in [6.07, 6.45) is 0. The van der Waals surface area contributed by atoms with Crippen LogP contribution in [-0.4, -0.2) is 90.6 Å². The van der Waals surface area contributed by atoms with Gasteiger partial charge in [0.15, 0.2) is 0 Å². The number of ketones is 1. The first kappa shape index (κ1) is 34.6. The maximum absolute atomic E-state index is 13.6. The van der Waals surface area contributed by atoms with Gasteiger partial charge in [-0.15, -0.1) is 0 Å². The summed E-state index contributed by atoms with van der Waals surface area (Å²) in [5.74, 6) is -3.24. The second-order valence-electron chi connectivity index (χ2n) is 13.8. The summed E-state index contributed by atoms with van der Waals surface area (Å²) >= 11 is 0. The highest BCUT2D eigenvalue weighted by molar-refractivity contribution is 6.38. The molecule has 1 fully saturated rings. The molecule has 0 aliphatic carbocycles. The highest BCUT2D eigenvalue weighted by Crippen LogP contribution is 2.32. The normalized spacial score (nSPS) is 17.3. The molecule has 46 heavy (non-hydrogen) atoms. The minimum Gasteiger partial charge on any atom is -0.369 e. The molecule has 11 nitrogen and oxygen atoms in total. The lowest BCUT2D eigenvalue weighted by Crippen LogP contribution is -2.59. The largest absolute Gasteiger partial charge is 0.369 e. The summed E-state index contributed by atoms with van der Waals surface area (Å²) in [6.45, 7) is 15.0. The average molecular weight is 633 g/mol. The number of Topliss-reactive ketones (excluding diaryl/α,β-unsaturated/α-hetero) is 1. The molecule has 3 N–H and O–H groups in total. The van der Waals surface area contributed by atoms with Gasteiger partial charge in [-0.2, -0.15) is 0 Å². The fourth-order valence-electron chi connectivity index (χ4n) is 5.96. The van der Waals surface area contributed by atoms with E-state index in [-0.39, 0.29) is 18.4 Å². The molecule has 0 aromatic heterocycles. The van der Waals surface area contributed by atoms with Gasteiger partial charge in [0.25, 0.3) is 11.8 Å². The minimum atomic E-state index is -1.08. The number of carbonyl (C=O) groups excluding carboxylic acids is 5. The van der Waals surface area contributed by atoms with Gasteiger partial charge in [0.1, 0.15) is 12.1 Å². The van der Waals surface area contributed by atoms with Crippen LogP contribution in [0, 0.1) is 11.3 Å². The molecule has 4 rings (SSSR count). The van der Waals surface area contributed by atoms with E-state index in [9.17, 15) is 24.0 Å². The number of benzene rings is 2. The molecular formula is C35H48N6O5. The second-order valence-corrected chi connectivity index (χ2v) is 13.8. The Morgan fingerprint density at radius 3 is 2.07 bits per heavy atom. The van der Waals surface area contributed by atoms with E-state index >= 15 is 0 Å². The molecule has 2 aliphatic rings. The number of amides is 4. The van der Waals surface area contributed by atoms with Gasteiger partial charge in [0.2, 0.25) is 17.6 Å². The molecule has 0 saturated carbocycles. The lowest BCUT2D eigenvalue weighted by Gasteiger charge is -2.37. The summed E-state index contributed by atoms with van der Waals surface area (Å²) < 4.78 is 0. The number of fused-ring (bicyclic) bond motifs is 1. The molecule has 0 unspecified atom stereocenters. The van der Waals surface area contributed by atoms with Gasteiger partial charge in [0.05, 0.1) is 6.04 Å². The van der Waals surface area contributed by atoms with Crippen molar-refractivity contribution in [3.05, 3.63) is 65.2 Å². The third kappa shape index (κ3) is 8.12. The number of hydrogen-bond acceptors (Lipinski definition) is 7. The Bertz CT molecular complexity index is 1440. The van der Waals surface area contributed by atoms with E-state index in [2.05, 4.69) is 32.8 Å². The van der Waals surface area contributed by atoms with Crippen molar-refractivity contribution in [2.24, 2.45) is 11.3 Å². The fourth-order valence-corrected chi connectivity index (χ4v) is 5.96. The number of likely N-dealkylation sites (N-methyl/N-ethyl adjacent to an activating group) is 1. The Labute approximate surface area is 272 Å². The number of piperazine rings is 1. The Morgan fingerprint density at radius 1 is 0.848 bits per heavy atom. The lowest BCUT2D eigenvalue weighted by atomic mass is 9.84. The van der Waals surface area contributed by atoms with Crippen LogP contribution in [0.2, 0.25) is 0 Å². The standard InChI is InChI=1S/C35H48N6O5/c1-22(2)28(29(42)32(44)36-20-24-12-14-26(15-13-24)40-18-16-39(7)17-19-40)38-31(43)23(3)37-33(45)30(35(4,5)6)41-21-25-10-8-9-11-27(25)34(41)46/h8-15,22-23,28,30H,16-21H2,1-7H3,(H,36,44)(H,37,45)(H,38,43)/t23-,28-,30+/m0/s1. The van der Waals surface area contributed by atoms with Crippen molar-refractivity contribution in [2.75, 3.05) is 38.1 Å². The molecular weight excluding hydrogens is 584 g/mol. The molecule has 2 heterocycles. The molecule has 11 heteroatoms.